The van der Waals surface area contributed by atoms with E-state index in [2.05, 4.69) is 20.5 Å². The second-order valence-electron chi connectivity index (χ2n) is 6.44. The van der Waals surface area contributed by atoms with Gasteiger partial charge in [-0.15, -0.1) is 0 Å². The zero-order valence-electron chi connectivity index (χ0n) is 15.2. The highest BCUT2D eigenvalue weighted by atomic mass is 19.1. The third kappa shape index (κ3) is 4.85. The van der Waals surface area contributed by atoms with Crippen LogP contribution in [0.3, 0.4) is 0 Å². The minimum Gasteiger partial charge on any atom is -0.468 e. The first-order valence-electron chi connectivity index (χ1n) is 9.31. The van der Waals surface area contributed by atoms with Gasteiger partial charge in [-0.2, -0.15) is 0 Å². The molecule has 1 unspecified atom stereocenters. The molecule has 6 heteroatoms. The van der Waals surface area contributed by atoms with Crippen molar-refractivity contribution in [2.24, 2.45) is 4.99 Å². The number of hydrogen-bond donors (Lipinski definition) is 2. The van der Waals surface area contributed by atoms with Crippen LogP contribution in [0.25, 0.3) is 0 Å². The molecule has 0 radical (unpaired) electrons. The Bertz CT molecular complexity index is 696. The molecule has 2 aromatic rings. The number of benzene rings is 1. The van der Waals surface area contributed by atoms with Crippen LogP contribution in [0, 0.1) is 5.82 Å². The molecule has 2 heterocycles. The number of halogens is 1. The number of aliphatic imine (C=N–C) groups is 1. The third-order valence-electron chi connectivity index (χ3n) is 4.63. The van der Waals surface area contributed by atoms with Crippen LogP contribution < -0.4 is 10.6 Å². The summed E-state index contributed by atoms with van der Waals surface area (Å²) in [7, 11) is 0. The predicted octanol–water partition coefficient (Wildman–Crippen LogP) is 3.31. The van der Waals surface area contributed by atoms with Crippen LogP contribution in [0.1, 0.15) is 37.1 Å². The average Bonchev–Trinajstić information content (AvgIpc) is 3.35. The predicted molar refractivity (Wildman–Crippen MR) is 101 cm³/mol. The number of nitrogens with zero attached hydrogens (tertiary/aromatic N) is 2. The number of furan rings is 1. The Morgan fingerprint density at radius 1 is 1.19 bits per heavy atom. The van der Waals surface area contributed by atoms with Crippen molar-refractivity contribution < 1.29 is 8.81 Å². The standard InChI is InChI=1S/C20H27FN4O/c1-2-22-20(23-14-16-8-3-4-9-17(16)21)24-15-18(19-10-7-13-26-19)25-11-5-6-12-25/h3-4,7-10,13,18H,2,5-6,11-12,14-15H2,1H3,(H2,22,23,24). The summed E-state index contributed by atoms with van der Waals surface area (Å²) in [5.41, 5.74) is 0.590. The van der Waals surface area contributed by atoms with Gasteiger partial charge in [-0.25, -0.2) is 9.38 Å². The highest BCUT2D eigenvalue weighted by Crippen LogP contribution is 2.24. The van der Waals surface area contributed by atoms with Gasteiger partial charge in [0.05, 0.1) is 18.8 Å². The van der Waals surface area contributed by atoms with Gasteiger partial charge in [-0.1, -0.05) is 18.2 Å². The molecule has 3 rings (SSSR count). The number of hydrogen-bond acceptors (Lipinski definition) is 3. The van der Waals surface area contributed by atoms with E-state index >= 15 is 0 Å². The van der Waals surface area contributed by atoms with E-state index in [1.165, 1.54) is 18.9 Å². The van der Waals surface area contributed by atoms with Gasteiger partial charge in [0.25, 0.3) is 0 Å². The lowest BCUT2D eigenvalue weighted by atomic mass is 10.2. The summed E-state index contributed by atoms with van der Waals surface area (Å²) < 4.78 is 19.5. The molecule has 26 heavy (non-hydrogen) atoms. The van der Waals surface area contributed by atoms with E-state index < -0.39 is 0 Å². The Kier molecular flexibility index (Phi) is 6.66. The molecule has 0 amide bonds. The monoisotopic (exact) mass is 358 g/mol. The molecule has 5 nitrogen and oxygen atoms in total. The summed E-state index contributed by atoms with van der Waals surface area (Å²) in [5.74, 6) is 1.42. The second-order valence-corrected chi connectivity index (χ2v) is 6.44. The Morgan fingerprint density at radius 2 is 2.00 bits per heavy atom. The molecular formula is C20H27FN4O. The molecule has 1 fully saturated rings. The van der Waals surface area contributed by atoms with Crippen molar-refractivity contribution in [3.63, 3.8) is 0 Å². The van der Waals surface area contributed by atoms with E-state index in [0.717, 1.165) is 25.4 Å². The summed E-state index contributed by atoms with van der Waals surface area (Å²) in [5, 5.41) is 6.62. The van der Waals surface area contributed by atoms with Gasteiger partial charge < -0.3 is 15.1 Å². The third-order valence-corrected chi connectivity index (χ3v) is 4.63. The normalized spacial score (nSPS) is 16.6. The van der Waals surface area contributed by atoms with Crippen LogP contribution in [0.4, 0.5) is 4.39 Å². The highest BCUT2D eigenvalue weighted by molar-refractivity contribution is 5.79. The molecule has 1 aromatic heterocycles. The van der Waals surface area contributed by atoms with Crippen molar-refractivity contribution in [2.75, 3.05) is 26.2 Å². The Hall–Kier alpha value is -2.34. The van der Waals surface area contributed by atoms with Crippen molar-refractivity contribution >= 4 is 5.96 Å². The SMILES string of the molecule is CCNC(=NCc1ccccc1F)NCC(c1ccco1)N1CCCC1. The molecule has 1 aliphatic rings. The van der Waals surface area contributed by atoms with Crippen molar-refractivity contribution in [3.8, 4) is 0 Å². The first-order valence-corrected chi connectivity index (χ1v) is 9.31. The van der Waals surface area contributed by atoms with Crippen LogP contribution in [-0.4, -0.2) is 37.0 Å². The van der Waals surface area contributed by atoms with Gasteiger partial charge in [0, 0.05) is 18.7 Å². The quantitative estimate of drug-likeness (QED) is 0.589. The fraction of sp³-hybridized carbons (Fsp3) is 0.450. The number of likely N-dealkylation sites (tertiary alicyclic amines) is 1. The van der Waals surface area contributed by atoms with E-state index in [1.54, 1.807) is 18.4 Å². The summed E-state index contributed by atoms with van der Waals surface area (Å²) in [6.07, 6.45) is 4.16. The number of guanidine groups is 1. The molecular weight excluding hydrogens is 331 g/mol. The maximum Gasteiger partial charge on any atom is 0.191 e. The van der Waals surface area contributed by atoms with Gasteiger partial charge in [0.15, 0.2) is 5.96 Å². The number of nitrogens with one attached hydrogen (secondary N) is 2. The largest absolute Gasteiger partial charge is 0.468 e. The smallest absolute Gasteiger partial charge is 0.191 e. The Labute approximate surface area is 154 Å². The summed E-state index contributed by atoms with van der Waals surface area (Å²) in [4.78, 5) is 6.97. The molecule has 1 saturated heterocycles. The lowest BCUT2D eigenvalue weighted by Gasteiger charge is -2.26. The molecule has 2 N–H and O–H groups in total. The maximum absolute atomic E-state index is 13.8. The van der Waals surface area contributed by atoms with Crippen LogP contribution >= 0.6 is 0 Å². The average molecular weight is 358 g/mol. The minimum atomic E-state index is -0.224. The Morgan fingerprint density at radius 3 is 2.69 bits per heavy atom. The lowest BCUT2D eigenvalue weighted by Crippen LogP contribution is -2.42. The first kappa shape index (κ1) is 18.5. The molecule has 140 valence electrons. The number of rotatable bonds is 7. The van der Waals surface area contributed by atoms with Gasteiger partial charge >= 0.3 is 0 Å². The maximum atomic E-state index is 13.8. The van der Waals surface area contributed by atoms with Crippen LogP contribution in [0.5, 0.6) is 0 Å². The fourth-order valence-electron chi connectivity index (χ4n) is 3.27. The Balaban J connectivity index is 1.66. The molecule has 1 aliphatic heterocycles. The highest BCUT2D eigenvalue weighted by Gasteiger charge is 2.25. The van der Waals surface area contributed by atoms with Gasteiger partial charge in [0.2, 0.25) is 0 Å². The molecule has 0 saturated carbocycles. The van der Waals surface area contributed by atoms with E-state index in [9.17, 15) is 4.39 Å². The zero-order valence-corrected chi connectivity index (χ0v) is 15.2. The molecule has 0 bridgehead atoms. The van der Waals surface area contributed by atoms with E-state index in [0.29, 0.717) is 24.6 Å². The van der Waals surface area contributed by atoms with Crippen molar-refractivity contribution in [1.82, 2.24) is 15.5 Å². The van der Waals surface area contributed by atoms with Crippen LogP contribution in [-0.2, 0) is 6.54 Å². The van der Waals surface area contributed by atoms with Crippen LogP contribution in [0.2, 0.25) is 0 Å². The second kappa shape index (κ2) is 9.38. The summed E-state index contributed by atoms with van der Waals surface area (Å²) in [6.45, 7) is 5.92. The van der Waals surface area contributed by atoms with Crippen molar-refractivity contribution in [1.29, 1.82) is 0 Å². The van der Waals surface area contributed by atoms with E-state index in [4.69, 9.17) is 4.42 Å². The molecule has 1 aromatic carbocycles. The molecule has 0 spiro atoms. The summed E-state index contributed by atoms with van der Waals surface area (Å²) in [6, 6.07) is 10.9. The van der Waals surface area contributed by atoms with Crippen LogP contribution in [0.15, 0.2) is 52.1 Å². The van der Waals surface area contributed by atoms with Crippen molar-refractivity contribution in [2.45, 2.75) is 32.4 Å². The van der Waals surface area contributed by atoms with Gasteiger partial charge in [-0.3, -0.25) is 4.90 Å². The topological polar surface area (TPSA) is 52.8 Å². The van der Waals surface area contributed by atoms with Gasteiger partial charge in [-0.05, 0) is 51.1 Å². The minimum absolute atomic E-state index is 0.171. The van der Waals surface area contributed by atoms with Crippen molar-refractivity contribution in [3.05, 3.63) is 59.8 Å². The van der Waals surface area contributed by atoms with Gasteiger partial charge in [0.1, 0.15) is 11.6 Å². The molecule has 1 atom stereocenters. The lowest BCUT2D eigenvalue weighted by molar-refractivity contribution is 0.215. The molecule has 0 aliphatic carbocycles. The van der Waals surface area contributed by atoms with E-state index in [-0.39, 0.29) is 11.9 Å². The zero-order chi connectivity index (χ0) is 18.2. The fourth-order valence-corrected chi connectivity index (χ4v) is 3.27. The summed E-state index contributed by atoms with van der Waals surface area (Å²) >= 11 is 0. The first-order chi connectivity index (χ1) is 12.8. The van der Waals surface area contributed by atoms with E-state index in [1.807, 2.05) is 25.1 Å².